The van der Waals surface area contributed by atoms with Crippen molar-refractivity contribution in [1.29, 1.82) is 0 Å². The summed E-state index contributed by atoms with van der Waals surface area (Å²) in [7, 11) is 0. The molecule has 1 aromatic heterocycles. The lowest BCUT2D eigenvalue weighted by Crippen LogP contribution is -2.21. The highest BCUT2D eigenvalue weighted by Crippen LogP contribution is 2.23. The molecule has 0 saturated carbocycles. The van der Waals surface area contributed by atoms with Crippen LogP contribution >= 0.6 is 23.1 Å². The Balaban J connectivity index is 1.71. The number of hydrogen-bond acceptors (Lipinski definition) is 4. The van der Waals surface area contributed by atoms with Gasteiger partial charge in [-0.2, -0.15) is 11.8 Å². The van der Waals surface area contributed by atoms with Gasteiger partial charge in [0.15, 0.2) is 0 Å². The average Bonchev–Trinajstić information content (AvgIpc) is 2.89. The molecule has 1 atom stereocenters. The Bertz CT molecular complexity index is 372. The van der Waals surface area contributed by atoms with Gasteiger partial charge in [-0.05, 0) is 42.5 Å². The fraction of sp³-hybridized carbons (Fsp3) is 0.583. The van der Waals surface area contributed by atoms with Gasteiger partial charge in [-0.3, -0.25) is 4.79 Å². The molecule has 5 heteroatoms. The van der Waals surface area contributed by atoms with Gasteiger partial charge in [0.1, 0.15) is 0 Å². The Morgan fingerprint density at radius 1 is 1.47 bits per heavy atom. The molecule has 0 spiro atoms. The van der Waals surface area contributed by atoms with E-state index in [2.05, 4.69) is 5.32 Å². The smallest absolute Gasteiger partial charge is 0.308 e. The standard InChI is InChI=1S/C12H17NO2S2/c14-12(15)5-10-1-2-11(17-10)7-13-6-9-3-4-16-8-9/h1-2,9,13H,3-8H2,(H,14,15). The summed E-state index contributed by atoms with van der Waals surface area (Å²) in [6, 6.07) is 3.94. The highest BCUT2D eigenvalue weighted by Gasteiger charge is 2.14. The predicted molar refractivity (Wildman–Crippen MR) is 72.8 cm³/mol. The predicted octanol–water partition coefficient (Wildman–Crippen LogP) is 2.22. The third-order valence-corrected chi connectivity index (χ3v) is 5.12. The van der Waals surface area contributed by atoms with Crippen LogP contribution in [0.1, 0.15) is 16.2 Å². The monoisotopic (exact) mass is 271 g/mol. The first-order valence-corrected chi connectivity index (χ1v) is 7.79. The number of thiophene rings is 1. The summed E-state index contributed by atoms with van der Waals surface area (Å²) in [6.07, 6.45) is 1.47. The van der Waals surface area contributed by atoms with Crippen molar-refractivity contribution in [3.63, 3.8) is 0 Å². The SMILES string of the molecule is O=C(O)Cc1ccc(CNCC2CCSC2)s1. The topological polar surface area (TPSA) is 49.3 Å². The second-order valence-corrected chi connectivity index (χ2v) is 6.70. The zero-order valence-corrected chi connectivity index (χ0v) is 11.3. The van der Waals surface area contributed by atoms with E-state index in [0.717, 1.165) is 23.9 Å². The van der Waals surface area contributed by atoms with Gasteiger partial charge in [0, 0.05) is 16.3 Å². The summed E-state index contributed by atoms with van der Waals surface area (Å²) in [4.78, 5) is 12.7. The minimum absolute atomic E-state index is 0.143. The van der Waals surface area contributed by atoms with Gasteiger partial charge in [0.2, 0.25) is 0 Å². The third kappa shape index (κ3) is 4.33. The molecular weight excluding hydrogens is 254 g/mol. The molecule has 2 N–H and O–H groups in total. The molecule has 0 radical (unpaired) electrons. The normalized spacial score (nSPS) is 19.6. The van der Waals surface area contributed by atoms with Gasteiger partial charge in [0.05, 0.1) is 6.42 Å². The number of carboxylic acid groups (broad SMARTS) is 1. The zero-order valence-electron chi connectivity index (χ0n) is 9.65. The Labute approximate surface area is 110 Å². The summed E-state index contributed by atoms with van der Waals surface area (Å²) in [5.74, 6) is 2.64. The number of aliphatic carboxylic acids is 1. The summed E-state index contributed by atoms with van der Waals surface area (Å²) in [5.41, 5.74) is 0. The lowest BCUT2D eigenvalue weighted by molar-refractivity contribution is -0.136. The highest BCUT2D eigenvalue weighted by molar-refractivity contribution is 7.99. The number of thioether (sulfide) groups is 1. The summed E-state index contributed by atoms with van der Waals surface area (Å²) in [5, 5.41) is 12.1. The van der Waals surface area contributed by atoms with Crippen LogP contribution in [0, 0.1) is 5.92 Å². The van der Waals surface area contributed by atoms with Gasteiger partial charge in [-0.1, -0.05) is 0 Å². The molecule has 0 aromatic carbocycles. The second-order valence-electron chi connectivity index (χ2n) is 4.30. The summed E-state index contributed by atoms with van der Waals surface area (Å²) >= 11 is 3.63. The minimum Gasteiger partial charge on any atom is -0.481 e. The van der Waals surface area contributed by atoms with Crippen LogP contribution in [0.4, 0.5) is 0 Å². The number of hydrogen-bond donors (Lipinski definition) is 2. The van der Waals surface area contributed by atoms with Crippen LogP contribution in [-0.2, 0) is 17.8 Å². The molecule has 0 aliphatic carbocycles. The van der Waals surface area contributed by atoms with E-state index in [4.69, 9.17) is 5.11 Å². The van der Waals surface area contributed by atoms with Crippen molar-refractivity contribution in [2.75, 3.05) is 18.1 Å². The molecule has 1 unspecified atom stereocenters. The van der Waals surface area contributed by atoms with Crippen LogP contribution < -0.4 is 5.32 Å². The van der Waals surface area contributed by atoms with Crippen molar-refractivity contribution < 1.29 is 9.90 Å². The van der Waals surface area contributed by atoms with Crippen LogP contribution in [0.15, 0.2) is 12.1 Å². The molecule has 0 amide bonds. The van der Waals surface area contributed by atoms with Crippen molar-refractivity contribution in [3.05, 3.63) is 21.9 Å². The lowest BCUT2D eigenvalue weighted by atomic mass is 10.1. The van der Waals surface area contributed by atoms with Crippen molar-refractivity contribution in [3.8, 4) is 0 Å². The van der Waals surface area contributed by atoms with Crippen LogP contribution in [-0.4, -0.2) is 29.1 Å². The van der Waals surface area contributed by atoms with Gasteiger partial charge < -0.3 is 10.4 Å². The Kier molecular flexibility index (Phi) is 4.88. The summed E-state index contributed by atoms with van der Waals surface area (Å²) < 4.78 is 0. The van der Waals surface area contributed by atoms with Gasteiger partial charge in [-0.25, -0.2) is 0 Å². The van der Waals surface area contributed by atoms with E-state index in [-0.39, 0.29) is 6.42 Å². The summed E-state index contributed by atoms with van der Waals surface area (Å²) in [6.45, 7) is 1.95. The maximum Gasteiger partial charge on any atom is 0.308 e. The van der Waals surface area contributed by atoms with E-state index in [9.17, 15) is 4.79 Å². The van der Waals surface area contributed by atoms with Gasteiger partial charge in [0.25, 0.3) is 0 Å². The Morgan fingerprint density at radius 2 is 2.29 bits per heavy atom. The third-order valence-electron chi connectivity index (χ3n) is 2.80. The molecular formula is C12H17NO2S2. The van der Waals surface area contributed by atoms with E-state index in [1.807, 2.05) is 23.9 Å². The van der Waals surface area contributed by atoms with E-state index < -0.39 is 5.97 Å². The molecule has 94 valence electrons. The van der Waals surface area contributed by atoms with Crippen LogP contribution in [0.2, 0.25) is 0 Å². The van der Waals surface area contributed by atoms with E-state index in [1.165, 1.54) is 22.8 Å². The van der Waals surface area contributed by atoms with Crippen LogP contribution in [0.25, 0.3) is 0 Å². The van der Waals surface area contributed by atoms with Crippen molar-refractivity contribution >= 4 is 29.1 Å². The molecule has 1 aliphatic heterocycles. The first-order valence-electron chi connectivity index (χ1n) is 5.82. The number of carbonyl (C=O) groups is 1. The molecule has 1 aromatic rings. The lowest BCUT2D eigenvalue weighted by Gasteiger charge is -2.08. The highest BCUT2D eigenvalue weighted by atomic mass is 32.2. The van der Waals surface area contributed by atoms with E-state index >= 15 is 0 Å². The van der Waals surface area contributed by atoms with Crippen molar-refractivity contribution in [1.82, 2.24) is 5.32 Å². The number of carboxylic acids is 1. The molecule has 1 saturated heterocycles. The van der Waals surface area contributed by atoms with Crippen LogP contribution in [0.3, 0.4) is 0 Å². The minimum atomic E-state index is -0.755. The van der Waals surface area contributed by atoms with Crippen molar-refractivity contribution in [2.24, 2.45) is 5.92 Å². The molecule has 1 aliphatic rings. The number of rotatable bonds is 6. The van der Waals surface area contributed by atoms with E-state index in [1.54, 1.807) is 11.3 Å². The molecule has 2 heterocycles. The quantitative estimate of drug-likeness (QED) is 0.833. The zero-order chi connectivity index (χ0) is 12.1. The molecule has 3 nitrogen and oxygen atoms in total. The fourth-order valence-electron chi connectivity index (χ4n) is 1.91. The van der Waals surface area contributed by atoms with Crippen molar-refractivity contribution in [2.45, 2.75) is 19.4 Å². The average molecular weight is 271 g/mol. The first kappa shape index (κ1) is 12.9. The molecule has 1 fully saturated rings. The fourth-order valence-corrected chi connectivity index (χ4v) is 4.17. The molecule has 2 rings (SSSR count). The molecule has 0 bridgehead atoms. The van der Waals surface area contributed by atoms with Gasteiger partial charge in [-0.15, -0.1) is 11.3 Å². The first-order chi connectivity index (χ1) is 8.24. The van der Waals surface area contributed by atoms with E-state index in [0.29, 0.717) is 0 Å². The largest absolute Gasteiger partial charge is 0.481 e. The van der Waals surface area contributed by atoms with Crippen LogP contribution in [0.5, 0.6) is 0 Å². The Morgan fingerprint density at radius 3 is 3.00 bits per heavy atom. The maximum atomic E-state index is 10.6. The Hall–Kier alpha value is -0.520. The maximum absolute atomic E-state index is 10.6. The van der Waals surface area contributed by atoms with Gasteiger partial charge >= 0.3 is 5.97 Å². The molecule has 17 heavy (non-hydrogen) atoms. The second kappa shape index (κ2) is 6.42. The number of nitrogens with one attached hydrogen (secondary N) is 1.